The highest BCUT2D eigenvalue weighted by atomic mass is 35.5. The van der Waals surface area contributed by atoms with Crippen LogP contribution in [0.15, 0.2) is 24.3 Å². The van der Waals surface area contributed by atoms with Gasteiger partial charge in [0.05, 0.1) is 0 Å². The lowest BCUT2D eigenvalue weighted by atomic mass is 10.2. The van der Waals surface area contributed by atoms with Gasteiger partial charge in [-0.3, -0.25) is 5.10 Å². The van der Waals surface area contributed by atoms with E-state index < -0.39 is 0 Å². The molecule has 2 aromatic rings. The Morgan fingerprint density at radius 3 is 2.95 bits per heavy atom. The molecule has 0 amide bonds. The topological polar surface area (TPSA) is 66.1 Å². The van der Waals surface area contributed by atoms with Gasteiger partial charge < -0.3 is 15.0 Å². The summed E-state index contributed by atoms with van der Waals surface area (Å²) in [6.45, 7) is 5.29. The summed E-state index contributed by atoms with van der Waals surface area (Å²) in [6.07, 6.45) is 0. The number of halogens is 1. The van der Waals surface area contributed by atoms with Crippen molar-refractivity contribution in [2.45, 2.75) is 19.6 Å². The molecule has 6 nitrogen and oxygen atoms in total. The van der Waals surface area contributed by atoms with Gasteiger partial charge in [-0.05, 0) is 31.2 Å². The number of anilines is 1. The Bertz CT molecular complexity index is 585. The number of hydrogen-bond acceptors (Lipinski definition) is 5. The molecule has 0 saturated carbocycles. The third kappa shape index (κ3) is 3.65. The third-order valence-corrected chi connectivity index (χ3v) is 3.61. The smallest absolute Gasteiger partial charge is 0.244 e. The summed E-state index contributed by atoms with van der Waals surface area (Å²) in [5.74, 6) is 2.21. The number of hydrogen-bond donors (Lipinski definition) is 2. The van der Waals surface area contributed by atoms with E-state index in [1.54, 1.807) is 12.1 Å². The molecule has 112 valence electrons. The minimum Gasteiger partial charge on any atom is -0.486 e. The van der Waals surface area contributed by atoms with E-state index in [2.05, 4.69) is 32.3 Å². The van der Waals surface area contributed by atoms with Crippen molar-refractivity contribution in [3.05, 3.63) is 35.1 Å². The maximum absolute atomic E-state index is 5.84. The molecule has 0 unspecified atom stereocenters. The highest BCUT2D eigenvalue weighted by molar-refractivity contribution is 6.30. The Kier molecular flexibility index (Phi) is 4.26. The average Bonchev–Trinajstić information content (AvgIpc) is 2.96. The molecule has 1 fully saturated rings. The molecule has 0 bridgehead atoms. The monoisotopic (exact) mass is 307 g/mol. The van der Waals surface area contributed by atoms with Gasteiger partial charge in [-0.25, -0.2) is 0 Å². The second kappa shape index (κ2) is 6.32. The summed E-state index contributed by atoms with van der Waals surface area (Å²) in [5.41, 5.74) is 0. The van der Waals surface area contributed by atoms with Crippen LogP contribution in [-0.4, -0.2) is 40.9 Å². The van der Waals surface area contributed by atoms with E-state index in [0.717, 1.165) is 31.3 Å². The largest absolute Gasteiger partial charge is 0.486 e. The molecule has 1 aliphatic rings. The van der Waals surface area contributed by atoms with Crippen LogP contribution >= 0.6 is 11.6 Å². The van der Waals surface area contributed by atoms with Crippen molar-refractivity contribution >= 4 is 17.5 Å². The van der Waals surface area contributed by atoms with Crippen molar-refractivity contribution in [2.24, 2.45) is 0 Å². The fourth-order valence-electron chi connectivity index (χ4n) is 2.29. The van der Waals surface area contributed by atoms with Gasteiger partial charge in [0.25, 0.3) is 0 Å². The highest BCUT2D eigenvalue weighted by Gasteiger charge is 2.19. The zero-order valence-corrected chi connectivity index (χ0v) is 12.6. The van der Waals surface area contributed by atoms with E-state index in [1.165, 1.54) is 0 Å². The number of benzene rings is 1. The van der Waals surface area contributed by atoms with Gasteiger partial charge in [0.2, 0.25) is 5.95 Å². The lowest BCUT2D eigenvalue weighted by Crippen LogP contribution is -2.49. The van der Waals surface area contributed by atoms with E-state index in [4.69, 9.17) is 16.3 Å². The standard InChI is InChI=1S/C14H18ClN5O/c1-10-8-20(7-6-16-10)14-17-13(18-19-14)9-21-12-4-2-11(15)3-5-12/h2-5,10,16H,6-9H2,1H3,(H,17,18,19)/t10-/m1/s1. The lowest BCUT2D eigenvalue weighted by Gasteiger charge is -2.30. The maximum atomic E-state index is 5.84. The quantitative estimate of drug-likeness (QED) is 0.902. The molecule has 0 spiro atoms. The number of aromatic nitrogens is 3. The summed E-state index contributed by atoms with van der Waals surface area (Å²) in [5, 5.41) is 11.3. The molecule has 0 radical (unpaired) electrons. The van der Waals surface area contributed by atoms with Crippen molar-refractivity contribution in [3.63, 3.8) is 0 Å². The predicted molar refractivity (Wildman–Crippen MR) is 81.8 cm³/mol. The van der Waals surface area contributed by atoms with Gasteiger partial charge in [0, 0.05) is 30.7 Å². The molecule has 1 saturated heterocycles. The van der Waals surface area contributed by atoms with Crippen molar-refractivity contribution in [1.82, 2.24) is 20.5 Å². The van der Waals surface area contributed by atoms with E-state index in [0.29, 0.717) is 23.5 Å². The predicted octanol–water partition coefficient (Wildman–Crippen LogP) is 1.84. The Morgan fingerprint density at radius 1 is 1.38 bits per heavy atom. The van der Waals surface area contributed by atoms with Crippen LogP contribution in [0.1, 0.15) is 12.7 Å². The van der Waals surface area contributed by atoms with Crippen LogP contribution in [-0.2, 0) is 6.61 Å². The van der Waals surface area contributed by atoms with Crippen LogP contribution in [0.3, 0.4) is 0 Å². The zero-order valence-electron chi connectivity index (χ0n) is 11.8. The highest BCUT2D eigenvalue weighted by Crippen LogP contribution is 2.17. The summed E-state index contributed by atoms with van der Waals surface area (Å²) < 4.78 is 5.65. The van der Waals surface area contributed by atoms with Gasteiger partial charge in [-0.15, -0.1) is 5.10 Å². The van der Waals surface area contributed by atoms with Crippen LogP contribution < -0.4 is 15.0 Å². The number of aromatic amines is 1. The van der Waals surface area contributed by atoms with Crippen molar-refractivity contribution < 1.29 is 4.74 Å². The molecule has 1 aliphatic heterocycles. The van der Waals surface area contributed by atoms with Crippen LogP contribution in [0.2, 0.25) is 5.02 Å². The molecular weight excluding hydrogens is 290 g/mol. The van der Waals surface area contributed by atoms with Gasteiger partial charge in [-0.2, -0.15) is 4.98 Å². The first-order valence-electron chi connectivity index (χ1n) is 6.99. The Labute approximate surface area is 128 Å². The summed E-state index contributed by atoms with van der Waals surface area (Å²) in [6, 6.07) is 7.70. The molecule has 1 aromatic carbocycles. The van der Waals surface area contributed by atoms with Crippen LogP contribution in [0.5, 0.6) is 5.75 Å². The van der Waals surface area contributed by atoms with Crippen LogP contribution in [0.25, 0.3) is 0 Å². The number of ether oxygens (including phenoxy) is 1. The van der Waals surface area contributed by atoms with Crippen molar-refractivity contribution in [3.8, 4) is 5.75 Å². The molecule has 1 atom stereocenters. The van der Waals surface area contributed by atoms with Crippen LogP contribution in [0, 0.1) is 0 Å². The Hall–Kier alpha value is -1.79. The van der Waals surface area contributed by atoms with E-state index in [-0.39, 0.29) is 0 Å². The summed E-state index contributed by atoms with van der Waals surface area (Å²) in [4.78, 5) is 6.65. The number of H-pyrrole nitrogens is 1. The molecular formula is C14H18ClN5O. The Balaban J connectivity index is 1.58. The SMILES string of the molecule is C[C@@H]1CN(c2n[nH]c(COc3ccc(Cl)cc3)n2)CCN1. The molecule has 7 heteroatoms. The van der Waals surface area contributed by atoms with E-state index >= 15 is 0 Å². The lowest BCUT2D eigenvalue weighted by molar-refractivity contribution is 0.296. The van der Waals surface area contributed by atoms with Crippen molar-refractivity contribution in [2.75, 3.05) is 24.5 Å². The minimum absolute atomic E-state index is 0.357. The first-order chi connectivity index (χ1) is 10.2. The first kappa shape index (κ1) is 14.2. The molecule has 3 rings (SSSR count). The number of nitrogens with one attached hydrogen (secondary N) is 2. The first-order valence-corrected chi connectivity index (χ1v) is 7.36. The number of nitrogens with zero attached hydrogens (tertiary/aromatic N) is 3. The van der Waals surface area contributed by atoms with E-state index in [1.807, 2.05) is 12.1 Å². The second-order valence-corrected chi connectivity index (χ2v) is 5.56. The molecule has 2 heterocycles. The number of rotatable bonds is 4. The zero-order chi connectivity index (χ0) is 14.7. The van der Waals surface area contributed by atoms with Crippen LogP contribution in [0.4, 0.5) is 5.95 Å². The molecule has 1 aromatic heterocycles. The molecule has 0 aliphatic carbocycles. The summed E-state index contributed by atoms with van der Waals surface area (Å²) in [7, 11) is 0. The fourth-order valence-corrected chi connectivity index (χ4v) is 2.41. The normalized spacial score (nSPS) is 18.8. The third-order valence-electron chi connectivity index (χ3n) is 3.36. The van der Waals surface area contributed by atoms with Gasteiger partial charge in [-0.1, -0.05) is 11.6 Å². The minimum atomic E-state index is 0.357. The second-order valence-electron chi connectivity index (χ2n) is 5.13. The van der Waals surface area contributed by atoms with Gasteiger partial charge in [0.1, 0.15) is 12.4 Å². The Morgan fingerprint density at radius 2 is 2.19 bits per heavy atom. The molecule has 21 heavy (non-hydrogen) atoms. The van der Waals surface area contributed by atoms with Gasteiger partial charge in [0.15, 0.2) is 5.82 Å². The average molecular weight is 308 g/mol. The fraction of sp³-hybridized carbons (Fsp3) is 0.429. The van der Waals surface area contributed by atoms with Gasteiger partial charge >= 0.3 is 0 Å². The van der Waals surface area contributed by atoms with Crippen molar-refractivity contribution in [1.29, 1.82) is 0 Å². The molecule has 2 N–H and O–H groups in total. The maximum Gasteiger partial charge on any atom is 0.244 e. The van der Waals surface area contributed by atoms with E-state index in [9.17, 15) is 0 Å². The number of piperazine rings is 1. The summed E-state index contributed by atoms with van der Waals surface area (Å²) >= 11 is 5.84.